The number of thioether (sulfide) groups is 1. The number of hydrogen-bond acceptors (Lipinski definition) is 5. The number of alkyl halides is 3. The molecule has 2 heterocycles. The van der Waals surface area contributed by atoms with Crippen LogP contribution in [0.2, 0.25) is 0 Å². The molecule has 4 nitrogen and oxygen atoms in total. The minimum absolute atomic E-state index is 0.0792. The smallest absolute Gasteiger partial charge is 0.397 e. The highest BCUT2D eigenvalue weighted by atomic mass is 32.2. The van der Waals surface area contributed by atoms with Crippen LogP contribution in [0.5, 0.6) is 0 Å². The highest BCUT2D eigenvalue weighted by molar-refractivity contribution is 8.00. The van der Waals surface area contributed by atoms with E-state index in [9.17, 15) is 18.0 Å². The number of aromatic nitrogens is 1. The van der Waals surface area contributed by atoms with E-state index in [0.717, 1.165) is 11.3 Å². The van der Waals surface area contributed by atoms with E-state index in [0.29, 0.717) is 15.9 Å². The van der Waals surface area contributed by atoms with Gasteiger partial charge in [0.05, 0.1) is 5.69 Å². The molecule has 0 aromatic carbocycles. The molecule has 0 unspecified atom stereocenters. The number of nitrogen functional groups attached to an aromatic ring is 1. The summed E-state index contributed by atoms with van der Waals surface area (Å²) in [6, 6.07) is 3.44. The second-order valence-electron chi connectivity index (χ2n) is 3.75. The van der Waals surface area contributed by atoms with Crippen LogP contribution >= 0.6 is 23.1 Å². The van der Waals surface area contributed by atoms with E-state index in [-0.39, 0.29) is 28.9 Å². The molecule has 2 rings (SSSR count). The van der Waals surface area contributed by atoms with Crippen LogP contribution in [0.4, 0.5) is 18.9 Å². The average Bonchev–Trinajstić information content (AvgIpc) is 2.72. The number of hydrogen-bond donors (Lipinski definition) is 2. The largest absolute Gasteiger partial charge is 0.441 e. The van der Waals surface area contributed by atoms with Gasteiger partial charge in [0.15, 0.2) is 0 Å². The standard InChI is InChI=1S/C11H10F3N3OS2/c12-11(13,14)19-5-4-16-9(18)8-7(15)6-2-1-3-17-10(6)20-8/h1-3H,4-5,15H2,(H,16,18). The molecule has 108 valence electrons. The highest BCUT2D eigenvalue weighted by Gasteiger charge is 2.27. The number of nitrogens with one attached hydrogen (secondary N) is 1. The van der Waals surface area contributed by atoms with Crippen molar-refractivity contribution >= 4 is 44.9 Å². The van der Waals surface area contributed by atoms with Crippen molar-refractivity contribution in [3.8, 4) is 0 Å². The van der Waals surface area contributed by atoms with Crippen LogP contribution < -0.4 is 11.1 Å². The van der Waals surface area contributed by atoms with Crippen molar-refractivity contribution < 1.29 is 18.0 Å². The third-order valence-electron chi connectivity index (χ3n) is 2.36. The quantitative estimate of drug-likeness (QED) is 0.850. The lowest BCUT2D eigenvalue weighted by molar-refractivity contribution is -0.0327. The van der Waals surface area contributed by atoms with Crippen molar-refractivity contribution in [3.63, 3.8) is 0 Å². The van der Waals surface area contributed by atoms with Gasteiger partial charge in [-0.3, -0.25) is 4.79 Å². The molecule has 3 N–H and O–H groups in total. The summed E-state index contributed by atoms with van der Waals surface area (Å²) in [5, 5.41) is 3.09. The molecule has 0 aliphatic rings. The Balaban J connectivity index is 1.99. The molecule has 0 aliphatic carbocycles. The number of fused-ring (bicyclic) bond motifs is 1. The van der Waals surface area contributed by atoms with E-state index < -0.39 is 11.4 Å². The minimum Gasteiger partial charge on any atom is -0.397 e. The maximum Gasteiger partial charge on any atom is 0.441 e. The fraction of sp³-hybridized carbons (Fsp3) is 0.273. The van der Waals surface area contributed by atoms with Gasteiger partial charge in [-0.15, -0.1) is 11.3 Å². The summed E-state index contributed by atoms with van der Waals surface area (Å²) in [6.45, 7) is -0.0792. The Bertz CT molecular complexity index is 627. The minimum atomic E-state index is -4.29. The monoisotopic (exact) mass is 321 g/mol. The number of carbonyl (C=O) groups is 1. The third-order valence-corrected chi connectivity index (χ3v) is 4.23. The Morgan fingerprint density at radius 3 is 2.90 bits per heavy atom. The van der Waals surface area contributed by atoms with Crippen molar-refractivity contribution in [2.45, 2.75) is 5.51 Å². The van der Waals surface area contributed by atoms with Gasteiger partial charge in [0, 0.05) is 23.9 Å². The van der Waals surface area contributed by atoms with Gasteiger partial charge in [0.1, 0.15) is 9.71 Å². The summed E-state index contributed by atoms with van der Waals surface area (Å²) in [5.41, 5.74) is 1.86. The van der Waals surface area contributed by atoms with Gasteiger partial charge in [-0.1, -0.05) is 0 Å². The lowest BCUT2D eigenvalue weighted by Crippen LogP contribution is -2.26. The molecule has 0 saturated carbocycles. The van der Waals surface area contributed by atoms with E-state index in [4.69, 9.17) is 5.73 Å². The summed E-state index contributed by atoms with van der Waals surface area (Å²) in [4.78, 5) is 16.8. The molecule has 0 atom stereocenters. The zero-order valence-electron chi connectivity index (χ0n) is 10.0. The van der Waals surface area contributed by atoms with Gasteiger partial charge in [-0.25, -0.2) is 4.98 Å². The Morgan fingerprint density at radius 1 is 1.50 bits per heavy atom. The molecular formula is C11H10F3N3OS2. The molecule has 2 aromatic heterocycles. The van der Waals surface area contributed by atoms with Crippen LogP contribution in [-0.4, -0.2) is 28.7 Å². The number of nitrogens with two attached hydrogens (primary N) is 1. The zero-order chi connectivity index (χ0) is 14.8. The number of anilines is 1. The Labute approximate surface area is 120 Å². The molecule has 0 bridgehead atoms. The number of thiophene rings is 1. The van der Waals surface area contributed by atoms with Crippen LogP contribution in [0.3, 0.4) is 0 Å². The fourth-order valence-electron chi connectivity index (χ4n) is 1.53. The summed E-state index contributed by atoms with van der Waals surface area (Å²) in [7, 11) is 0. The van der Waals surface area contributed by atoms with Gasteiger partial charge in [-0.2, -0.15) is 13.2 Å². The maximum atomic E-state index is 11.9. The van der Waals surface area contributed by atoms with Crippen LogP contribution in [-0.2, 0) is 0 Å². The average molecular weight is 321 g/mol. The van der Waals surface area contributed by atoms with Crippen LogP contribution in [0.1, 0.15) is 9.67 Å². The molecule has 20 heavy (non-hydrogen) atoms. The van der Waals surface area contributed by atoms with E-state index in [2.05, 4.69) is 10.3 Å². The van der Waals surface area contributed by atoms with Crippen molar-refractivity contribution in [1.82, 2.24) is 10.3 Å². The van der Waals surface area contributed by atoms with Crippen molar-refractivity contribution in [2.75, 3.05) is 18.0 Å². The first-order chi connectivity index (χ1) is 9.38. The summed E-state index contributed by atoms with van der Waals surface area (Å²) in [5.74, 6) is -0.716. The van der Waals surface area contributed by atoms with Gasteiger partial charge in [0.25, 0.3) is 5.91 Å². The van der Waals surface area contributed by atoms with Crippen LogP contribution in [0.25, 0.3) is 10.2 Å². The normalized spacial score (nSPS) is 11.8. The molecule has 0 spiro atoms. The predicted octanol–water partition coefficient (Wildman–Crippen LogP) is 2.86. The maximum absolute atomic E-state index is 11.9. The van der Waals surface area contributed by atoms with Crippen molar-refractivity contribution in [2.24, 2.45) is 0 Å². The molecule has 0 saturated heterocycles. The molecule has 9 heteroatoms. The first kappa shape index (κ1) is 14.9. The first-order valence-corrected chi connectivity index (χ1v) is 7.30. The molecule has 0 aliphatic heterocycles. The molecule has 0 fully saturated rings. The second-order valence-corrected chi connectivity index (χ2v) is 5.91. The van der Waals surface area contributed by atoms with Crippen LogP contribution in [0, 0.1) is 0 Å². The lowest BCUT2D eigenvalue weighted by Gasteiger charge is -2.06. The van der Waals surface area contributed by atoms with E-state index in [1.807, 2.05) is 0 Å². The van der Waals surface area contributed by atoms with Gasteiger partial charge >= 0.3 is 5.51 Å². The number of amides is 1. The van der Waals surface area contributed by atoms with E-state index in [1.54, 1.807) is 18.3 Å². The molecule has 2 aromatic rings. The predicted molar refractivity (Wildman–Crippen MR) is 74.9 cm³/mol. The number of pyridine rings is 1. The van der Waals surface area contributed by atoms with E-state index >= 15 is 0 Å². The Kier molecular flexibility index (Phi) is 4.39. The van der Waals surface area contributed by atoms with Gasteiger partial charge in [-0.05, 0) is 23.9 Å². The highest BCUT2D eigenvalue weighted by Crippen LogP contribution is 2.32. The molecule has 0 radical (unpaired) electrons. The zero-order valence-corrected chi connectivity index (χ0v) is 11.7. The summed E-state index contributed by atoms with van der Waals surface area (Å²) >= 11 is 0.943. The number of halogens is 3. The lowest BCUT2D eigenvalue weighted by atomic mass is 10.2. The topological polar surface area (TPSA) is 68.0 Å². The first-order valence-electron chi connectivity index (χ1n) is 5.50. The molecular weight excluding hydrogens is 311 g/mol. The third kappa shape index (κ3) is 3.54. The van der Waals surface area contributed by atoms with E-state index in [1.165, 1.54) is 0 Å². The Morgan fingerprint density at radius 2 is 2.25 bits per heavy atom. The van der Waals surface area contributed by atoms with Gasteiger partial charge in [0.2, 0.25) is 0 Å². The summed E-state index contributed by atoms with van der Waals surface area (Å²) in [6.07, 6.45) is 1.58. The second kappa shape index (κ2) is 5.88. The molecule has 1 amide bonds. The number of nitrogens with zero attached hydrogens (tertiary/aromatic N) is 1. The van der Waals surface area contributed by atoms with Crippen molar-refractivity contribution in [3.05, 3.63) is 23.2 Å². The fourth-order valence-corrected chi connectivity index (χ4v) is 2.95. The van der Waals surface area contributed by atoms with Crippen molar-refractivity contribution in [1.29, 1.82) is 0 Å². The number of carbonyl (C=O) groups excluding carboxylic acids is 1. The SMILES string of the molecule is Nc1c(C(=O)NCCSC(F)(F)F)sc2ncccc12. The number of rotatable bonds is 4. The summed E-state index contributed by atoms with van der Waals surface area (Å²) < 4.78 is 35.8. The van der Waals surface area contributed by atoms with Crippen LogP contribution in [0.15, 0.2) is 18.3 Å². The van der Waals surface area contributed by atoms with Gasteiger partial charge < -0.3 is 11.1 Å². The Hall–Kier alpha value is -1.48.